The van der Waals surface area contributed by atoms with Crippen LogP contribution in [0.5, 0.6) is 0 Å². The van der Waals surface area contributed by atoms with Gasteiger partial charge in [0.05, 0.1) is 11.0 Å². The zero-order valence-electron chi connectivity index (χ0n) is 48.0. The van der Waals surface area contributed by atoms with Crippen molar-refractivity contribution in [2.24, 2.45) is 0 Å². The highest BCUT2D eigenvalue weighted by molar-refractivity contribution is 6.94. The lowest BCUT2D eigenvalue weighted by Gasteiger charge is -2.43. The molecule has 5 heteroatoms. The summed E-state index contributed by atoms with van der Waals surface area (Å²) in [5.41, 5.74) is 26.8. The molecule has 0 unspecified atom stereocenters. The molecule has 14 rings (SSSR count). The fraction of sp³-hybridized carbons (Fsp3) is 0.260. The van der Waals surface area contributed by atoms with E-state index in [1.165, 1.54) is 94.1 Å². The Labute approximate surface area is 461 Å². The molecule has 78 heavy (non-hydrogen) atoms. The molecule has 0 saturated heterocycles. The summed E-state index contributed by atoms with van der Waals surface area (Å²) in [5, 5.41) is 4.89. The van der Waals surface area contributed by atoms with Gasteiger partial charge in [-0.1, -0.05) is 194 Å². The highest BCUT2D eigenvalue weighted by atomic mass is 16.3. The second-order valence-electron chi connectivity index (χ2n) is 27.5. The minimum Gasteiger partial charge on any atom is -0.456 e. The summed E-state index contributed by atoms with van der Waals surface area (Å²) in [6.45, 7) is 32.5. The van der Waals surface area contributed by atoms with E-state index in [1.54, 1.807) is 0 Å². The summed E-state index contributed by atoms with van der Waals surface area (Å²) in [5.74, 6) is 0. The zero-order valence-corrected chi connectivity index (χ0v) is 48.0. The zero-order chi connectivity index (χ0) is 54.3. The summed E-state index contributed by atoms with van der Waals surface area (Å²) in [7, 11) is 0. The number of fused-ring (bicyclic) bond motifs is 16. The van der Waals surface area contributed by atoms with Crippen molar-refractivity contribution >= 4 is 90.0 Å². The van der Waals surface area contributed by atoms with Crippen LogP contribution in [0.3, 0.4) is 0 Å². The normalized spacial score (nSPS) is 14.6. The molecule has 4 nitrogen and oxygen atoms in total. The number of para-hydroxylation sites is 1. The smallest absolute Gasteiger partial charge is 0.333 e. The quantitative estimate of drug-likeness (QED) is 0.164. The maximum absolute atomic E-state index is 6.86. The summed E-state index contributed by atoms with van der Waals surface area (Å²) in [6, 6.07) is 65.4. The Morgan fingerprint density at radius 2 is 1.03 bits per heavy atom. The monoisotopic (exact) mass is 1020 g/mol. The minimum absolute atomic E-state index is 0.00153. The van der Waals surface area contributed by atoms with Crippen LogP contribution in [0, 0.1) is 0 Å². The lowest BCUT2D eigenvalue weighted by molar-refractivity contribution is 0.590. The maximum atomic E-state index is 6.86. The van der Waals surface area contributed by atoms with Gasteiger partial charge in [-0.2, -0.15) is 0 Å². The standard InChI is InChI=1S/C73H70BN3O/c1-69(2,3)43-23-30-47(31-24-43)75(48-32-25-44(26-33-48)70(4,5)6)50-36-37-53-59(40-50)76-58-38-29-46(72(10,11)12)39-57(58)74-67-64(63-52-20-15-17-21-56(52)73(13,14)66(63)65(53)68(67)76)55-41-54-51-19-16-18-22-61(51)78-62(54)42-60(55)77(74)49-34-27-45(28-35-49)71(7,8)9/h15-42H,1-14H3. The third kappa shape index (κ3) is 6.98. The molecule has 0 saturated carbocycles. The summed E-state index contributed by atoms with van der Waals surface area (Å²) >= 11 is 0. The molecule has 2 aromatic heterocycles. The number of anilines is 5. The van der Waals surface area contributed by atoms with Crippen molar-refractivity contribution in [2.75, 3.05) is 9.71 Å². The van der Waals surface area contributed by atoms with Gasteiger partial charge in [0.1, 0.15) is 11.2 Å². The van der Waals surface area contributed by atoms with Crippen molar-refractivity contribution in [3.05, 3.63) is 203 Å². The molecule has 0 radical (unpaired) electrons. The number of hydrogen-bond donors (Lipinski definition) is 0. The molecule has 2 aliphatic heterocycles. The van der Waals surface area contributed by atoms with Gasteiger partial charge >= 0.3 is 6.85 Å². The minimum atomic E-state index is -0.313. The number of aromatic nitrogens is 1. The molecule has 0 amide bonds. The van der Waals surface area contributed by atoms with E-state index in [4.69, 9.17) is 4.42 Å². The van der Waals surface area contributed by atoms with Gasteiger partial charge in [-0.15, -0.1) is 0 Å². The molecule has 3 aliphatic rings. The predicted octanol–water partition coefficient (Wildman–Crippen LogP) is 18.9. The Morgan fingerprint density at radius 3 is 1.65 bits per heavy atom. The van der Waals surface area contributed by atoms with Crippen LogP contribution in [0.25, 0.3) is 71.7 Å². The first-order valence-electron chi connectivity index (χ1n) is 28.3. The molecule has 4 heterocycles. The molecule has 386 valence electrons. The molecular formula is C73H70BN3O. The summed E-state index contributed by atoms with van der Waals surface area (Å²) in [4.78, 5) is 5.15. The average molecular weight is 1020 g/mol. The summed E-state index contributed by atoms with van der Waals surface area (Å²) in [6.07, 6.45) is 0. The fourth-order valence-corrected chi connectivity index (χ4v) is 13.7. The van der Waals surface area contributed by atoms with E-state index in [2.05, 4.69) is 281 Å². The molecule has 0 bridgehead atoms. The van der Waals surface area contributed by atoms with Gasteiger partial charge in [-0.3, -0.25) is 0 Å². The van der Waals surface area contributed by atoms with E-state index in [1.807, 2.05) is 0 Å². The second kappa shape index (κ2) is 16.2. The number of rotatable bonds is 4. The number of nitrogens with zero attached hydrogens (tertiary/aromatic N) is 3. The molecule has 0 atom stereocenters. The topological polar surface area (TPSA) is 24.6 Å². The molecule has 0 fully saturated rings. The number of hydrogen-bond acceptors (Lipinski definition) is 3. The fourth-order valence-electron chi connectivity index (χ4n) is 13.7. The Bertz CT molecular complexity index is 4250. The highest BCUT2D eigenvalue weighted by Gasteiger charge is 2.50. The van der Waals surface area contributed by atoms with Crippen LogP contribution < -0.4 is 20.6 Å². The first kappa shape index (κ1) is 48.6. The van der Waals surface area contributed by atoms with Gasteiger partial charge < -0.3 is 18.7 Å². The largest absolute Gasteiger partial charge is 0.456 e. The first-order valence-corrected chi connectivity index (χ1v) is 28.3. The van der Waals surface area contributed by atoms with Gasteiger partial charge in [0.2, 0.25) is 0 Å². The van der Waals surface area contributed by atoms with E-state index in [0.717, 1.165) is 50.4 Å². The van der Waals surface area contributed by atoms with E-state index >= 15 is 0 Å². The van der Waals surface area contributed by atoms with Crippen molar-refractivity contribution < 1.29 is 4.42 Å². The van der Waals surface area contributed by atoms with Crippen molar-refractivity contribution in [1.29, 1.82) is 0 Å². The van der Waals surface area contributed by atoms with Gasteiger partial charge in [0.15, 0.2) is 0 Å². The molecule has 0 spiro atoms. The maximum Gasteiger partial charge on any atom is 0.333 e. The van der Waals surface area contributed by atoms with Gasteiger partial charge in [0, 0.05) is 72.7 Å². The van der Waals surface area contributed by atoms with Crippen LogP contribution in [0.2, 0.25) is 0 Å². The van der Waals surface area contributed by atoms with Crippen molar-refractivity contribution in [2.45, 2.75) is 124 Å². The molecule has 11 aromatic rings. The van der Waals surface area contributed by atoms with Crippen LogP contribution in [-0.4, -0.2) is 11.4 Å². The molecule has 0 N–H and O–H groups in total. The van der Waals surface area contributed by atoms with Crippen LogP contribution in [-0.2, 0) is 27.1 Å². The third-order valence-corrected chi connectivity index (χ3v) is 18.0. The highest BCUT2D eigenvalue weighted by Crippen LogP contribution is 2.60. The SMILES string of the molecule is CC(C)(C)c1ccc(N2B3c4cc(C(C)(C)C)ccc4-n4c5cc(N(c6ccc(C(C)(C)C)cc6)c6ccc(C(C)(C)C)cc6)ccc5c5c6c(c(c3c54)-c3cc4c(cc32)oc2ccccc24)-c2ccccc2C6(C)C)cc1. The number of benzene rings is 9. The second-order valence-corrected chi connectivity index (χ2v) is 27.5. The van der Waals surface area contributed by atoms with Crippen molar-refractivity contribution in [1.82, 2.24) is 4.57 Å². The molecule has 9 aromatic carbocycles. The average Bonchev–Trinajstić information content (AvgIpc) is 3.90. The molecular weight excluding hydrogens is 946 g/mol. The predicted molar refractivity (Wildman–Crippen MR) is 334 cm³/mol. The van der Waals surface area contributed by atoms with Crippen LogP contribution in [0.15, 0.2) is 174 Å². The van der Waals surface area contributed by atoms with E-state index in [9.17, 15) is 0 Å². The van der Waals surface area contributed by atoms with Crippen LogP contribution in [0.4, 0.5) is 28.4 Å². The lowest BCUT2D eigenvalue weighted by Crippen LogP contribution is -2.61. The van der Waals surface area contributed by atoms with E-state index in [-0.39, 0.29) is 33.9 Å². The van der Waals surface area contributed by atoms with Crippen molar-refractivity contribution in [3.8, 4) is 27.9 Å². The molecule has 1 aliphatic carbocycles. The van der Waals surface area contributed by atoms with E-state index < -0.39 is 0 Å². The van der Waals surface area contributed by atoms with Crippen LogP contribution >= 0.6 is 0 Å². The summed E-state index contributed by atoms with van der Waals surface area (Å²) < 4.78 is 9.55. The van der Waals surface area contributed by atoms with Crippen molar-refractivity contribution in [3.63, 3.8) is 0 Å². The number of furan rings is 1. The third-order valence-electron chi connectivity index (χ3n) is 18.0. The Kier molecular flexibility index (Phi) is 10.1. The Morgan fingerprint density at radius 1 is 0.462 bits per heavy atom. The van der Waals surface area contributed by atoms with Gasteiger partial charge in [0.25, 0.3) is 0 Å². The Hall–Kier alpha value is -7.76. The van der Waals surface area contributed by atoms with Crippen LogP contribution in [0.1, 0.15) is 130 Å². The Balaban J connectivity index is 1.15. The van der Waals surface area contributed by atoms with E-state index in [0.29, 0.717) is 0 Å². The lowest BCUT2D eigenvalue weighted by atomic mass is 9.43. The van der Waals surface area contributed by atoms with Gasteiger partial charge in [-0.05, 0) is 149 Å². The first-order chi connectivity index (χ1) is 37.0. The van der Waals surface area contributed by atoms with Gasteiger partial charge in [-0.25, -0.2) is 0 Å².